The van der Waals surface area contributed by atoms with Crippen LogP contribution >= 0.6 is 0 Å². The van der Waals surface area contributed by atoms with Gasteiger partial charge in [0.25, 0.3) is 5.82 Å². The van der Waals surface area contributed by atoms with Crippen molar-refractivity contribution in [2.24, 2.45) is 7.05 Å². The fourth-order valence-corrected chi connectivity index (χ4v) is 6.30. The Morgan fingerprint density at radius 3 is 2.24 bits per heavy atom. The molecular formula is C34H31N4+. The van der Waals surface area contributed by atoms with Crippen LogP contribution in [-0.4, -0.2) is 14.1 Å². The highest BCUT2D eigenvalue weighted by molar-refractivity contribution is 5.84. The van der Waals surface area contributed by atoms with Gasteiger partial charge in [0, 0.05) is 12.0 Å². The summed E-state index contributed by atoms with van der Waals surface area (Å²) in [4.78, 5) is 5.03. The van der Waals surface area contributed by atoms with Crippen LogP contribution in [0.25, 0.3) is 45.1 Å². The molecule has 0 saturated heterocycles. The molecule has 3 heterocycles. The van der Waals surface area contributed by atoms with Crippen molar-refractivity contribution in [2.45, 2.75) is 34.1 Å². The van der Waals surface area contributed by atoms with E-state index in [4.69, 9.17) is 4.98 Å². The Morgan fingerprint density at radius 1 is 0.763 bits per heavy atom. The number of imidazole rings is 2. The lowest BCUT2D eigenvalue weighted by atomic mass is 10.00. The fourth-order valence-electron chi connectivity index (χ4n) is 6.30. The number of hydrogen-bond donors (Lipinski definition) is 0. The van der Waals surface area contributed by atoms with Gasteiger partial charge in [-0.05, 0) is 79.8 Å². The molecule has 4 heteroatoms. The van der Waals surface area contributed by atoms with Crippen LogP contribution in [0.5, 0.6) is 0 Å². The number of hydrogen-bond acceptors (Lipinski definition) is 1. The van der Waals surface area contributed by atoms with E-state index >= 15 is 0 Å². The average Bonchev–Trinajstić information content (AvgIpc) is 3.54. The van der Waals surface area contributed by atoms with E-state index in [0.29, 0.717) is 0 Å². The molecule has 4 nitrogen and oxygen atoms in total. The number of benzene rings is 4. The van der Waals surface area contributed by atoms with Gasteiger partial charge in [-0.1, -0.05) is 54.6 Å². The summed E-state index contributed by atoms with van der Waals surface area (Å²) < 4.78 is 7.09. The van der Waals surface area contributed by atoms with Gasteiger partial charge in [0.1, 0.15) is 17.7 Å². The monoisotopic (exact) mass is 495 g/mol. The molecule has 0 fully saturated rings. The number of nitrogens with zero attached hydrogens (tertiary/aromatic N) is 4. The lowest BCUT2D eigenvalue weighted by Gasteiger charge is -2.10. The van der Waals surface area contributed by atoms with Gasteiger partial charge in [-0.3, -0.25) is 4.57 Å². The van der Waals surface area contributed by atoms with Gasteiger partial charge in [-0.25, -0.2) is 9.55 Å². The molecule has 4 aromatic carbocycles. The van der Waals surface area contributed by atoms with E-state index in [1.54, 1.807) is 0 Å². The molecule has 0 saturated carbocycles. The Hall–Kier alpha value is -4.44. The van der Waals surface area contributed by atoms with Crippen molar-refractivity contribution in [1.29, 1.82) is 0 Å². The van der Waals surface area contributed by atoms with Crippen LogP contribution in [0.2, 0.25) is 0 Å². The lowest BCUT2D eigenvalue weighted by molar-refractivity contribution is -0.583. The molecule has 1 aliphatic rings. The second-order valence-electron chi connectivity index (χ2n) is 10.7. The Balaban J connectivity index is 1.49. The van der Waals surface area contributed by atoms with Gasteiger partial charge in [0.05, 0.1) is 29.3 Å². The minimum absolute atomic E-state index is 0.870. The maximum Gasteiger partial charge on any atom is 0.294 e. The highest BCUT2D eigenvalue weighted by Crippen LogP contribution is 2.38. The summed E-state index contributed by atoms with van der Waals surface area (Å²) in [5.74, 6) is 2.30. The first-order valence-corrected chi connectivity index (χ1v) is 13.3. The largest absolute Gasteiger partial charge is 0.296 e. The minimum Gasteiger partial charge on any atom is -0.296 e. The van der Waals surface area contributed by atoms with Crippen molar-refractivity contribution >= 4 is 11.0 Å². The van der Waals surface area contributed by atoms with E-state index in [-0.39, 0.29) is 0 Å². The molecule has 0 N–H and O–H groups in total. The third kappa shape index (κ3) is 3.23. The van der Waals surface area contributed by atoms with E-state index in [1.165, 1.54) is 67.4 Å². The Morgan fingerprint density at radius 2 is 1.47 bits per heavy atom. The molecule has 0 bridgehead atoms. The van der Waals surface area contributed by atoms with E-state index in [2.05, 4.69) is 134 Å². The molecule has 6 aromatic rings. The standard InChI is InChI=1S/C34H31N4/c1-21-11-10-16-28-32(21)35-31-18-26-17-24(4)27(19-29(26)38(28)31)30-20-37(33-22(2)12-9-13-23(33)3)34(36(30)5)25-14-7-6-8-15-25/h6-17,19-20H,18H2,1-5H3/q+1. The third-order valence-corrected chi connectivity index (χ3v) is 8.12. The first kappa shape index (κ1) is 22.7. The predicted molar refractivity (Wildman–Crippen MR) is 154 cm³/mol. The summed E-state index contributed by atoms with van der Waals surface area (Å²) in [5.41, 5.74) is 14.8. The summed E-state index contributed by atoms with van der Waals surface area (Å²) in [6, 6.07) is 28.5. The summed E-state index contributed by atoms with van der Waals surface area (Å²) >= 11 is 0. The van der Waals surface area contributed by atoms with Crippen LogP contribution in [0.1, 0.15) is 33.6 Å². The van der Waals surface area contributed by atoms with E-state index in [0.717, 1.165) is 17.8 Å². The molecule has 0 atom stereocenters. The molecule has 0 amide bonds. The zero-order valence-electron chi connectivity index (χ0n) is 22.6. The molecule has 0 spiro atoms. The van der Waals surface area contributed by atoms with Crippen LogP contribution in [-0.2, 0) is 13.5 Å². The van der Waals surface area contributed by atoms with Crippen molar-refractivity contribution in [3.8, 4) is 34.0 Å². The minimum atomic E-state index is 0.870. The van der Waals surface area contributed by atoms with Gasteiger partial charge >= 0.3 is 0 Å². The Kier molecular flexibility index (Phi) is 4.96. The van der Waals surface area contributed by atoms with Crippen LogP contribution in [0.4, 0.5) is 0 Å². The van der Waals surface area contributed by atoms with Gasteiger partial charge in [-0.15, -0.1) is 0 Å². The molecule has 38 heavy (non-hydrogen) atoms. The van der Waals surface area contributed by atoms with E-state index in [9.17, 15) is 0 Å². The molecule has 0 unspecified atom stereocenters. The molecular weight excluding hydrogens is 464 g/mol. The summed E-state index contributed by atoms with van der Waals surface area (Å²) in [6.45, 7) is 8.78. The second-order valence-corrected chi connectivity index (χ2v) is 10.7. The Bertz CT molecular complexity index is 1870. The fraction of sp³-hybridized carbons (Fsp3) is 0.176. The molecule has 7 rings (SSSR count). The lowest BCUT2D eigenvalue weighted by Crippen LogP contribution is -2.33. The van der Waals surface area contributed by atoms with Gasteiger partial charge in [0.15, 0.2) is 5.69 Å². The molecule has 0 radical (unpaired) electrons. The number of rotatable bonds is 3. The summed E-state index contributed by atoms with van der Waals surface area (Å²) in [7, 11) is 2.19. The predicted octanol–water partition coefficient (Wildman–Crippen LogP) is 7.11. The van der Waals surface area contributed by atoms with Crippen molar-refractivity contribution in [3.05, 3.63) is 119 Å². The van der Waals surface area contributed by atoms with Gasteiger partial charge < -0.3 is 0 Å². The average molecular weight is 496 g/mol. The van der Waals surface area contributed by atoms with Gasteiger partial charge in [0.2, 0.25) is 0 Å². The normalized spacial score (nSPS) is 12.2. The second kappa shape index (κ2) is 8.29. The van der Waals surface area contributed by atoms with Crippen LogP contribution in [0, 0.1) is 27.7 Å². The molecule has 2 aromatic heterocycles. The number of para-hydroxylation sites is 2. The van der Waals surface area contributed by atoms with Crippen LogP contribution in [0.3, 0.4) is 0 Å². The number of aromatic nitrogens is 4. The maximum absolute atomic E-state index is 5.03. The summed E-state index contributed by atoms with van der Waals surface area (Å²) in [6.07, 6.45) is 3.19. The smallest absolute Gasteiger partial charge is 0.294 e. The topological polar surface area (TPSA) is 26.6 Å². The number of aryl methyl sites for hydroxylation is 4. The van der Waals surface area contributed by atoms with E-state index < -0.39 is 0 Å². The van der Waals surface area contributed by atoms with Crippen LogP contribution < -0.4 is 4.57 Å². The highest BCUT2D eigenvalue weighted by atomic mass is 15.2. The Labute approximate surface area is 223 Å². The first-order chi connectivity index (χ1) is 18.4. The third-order valence-electron chi connectivity index (χ3n) is 8.12. The molecule has 0 aliphatic carbocycles. The zero-order valence-corrected chi connectivity index (χ0v) is 22.6. The van der Waals surface area contributed by atoms with E-state index in [1.807, 2.05) is 0 Å². The van der Waals surface area contributed by atoms with Crippen molar-refractivity contribution in [1.82, 2.24) is 14.1 Å². The highest BCUT2D eigenvalue weighted by Gasteiger charge is 2.30. The quantitative estimate of drug-likeness (QED) is 0.240. The van der Waals surface area contributed by atoms with Gasteiger partial charge in [-0.2, -0.15) is 4.57 Å². The number of fused-ring (bicyclic) bond motifs is 5. The van der Waals surface area contributed by atoms with Crippen molar-refractivity contribution < 1.29 is 4.57 Å². The SMILES string of the molecule is Cc1cc2c(cc1-c1c[n+](-c3c(C)cccc3C)c(-c3ccccc3)n1C)-n1c(nc3c(C)cccc31)C2. The first-order valence-electron chi connectivity index (χ1n) is 13.3. The molecule has 186 valence electrons. The molecule has 1 aliphatic heterocycles. The van der Waals surface area contributed by atoms with Crippen molar-refractivity contribution in [3.63, 3.8) is 0 Å². The maximum atomic E-state index is 5.03. The van der Waals surface area contributed by atoms with Crippen molar-refractivity contribution in [2.75, 3.05) is 0 Å². The van der Waals surface area contributed by atoms with Crippen LogP contribution in [0.15, 0.2) is 85.1 Å². The zero-order chi connectivity index (χ0) is 26.1. The summed E-state index contributed by atoms with van der Waals surface area (Å²) in [5, 5.41) is 0.